The number of anilines is 1. The Morgan fingerprint density at radius 1 is 0.949 bits per heavy atom. The topological polar surface area (TPSA) is 220 Å². The minimum absolute atomic E-state index is 0.0559. The molecular weight excluding hydrogens is 764 g/mol. The number of phenols is 3. The highest BCUT2D eigenvalue weighted by molar-refractivity contribution is 6.23. The van der Waals surface area contributed by atoms with E-state index in [1.807, 2.05) is 7.05 Å². The number of benzene rings is 2. The standard InChI is InChI=1S/C43H58N4O12/c1-21-12-11-13-22(2)42(55)45-33-28(20-44-47-17-15-46(9)16-18-47)37(52)30-31(38(33)53)36(51)26(6)40-32(30)41(54)43(8,59-40)57-19-14-29(56-10)23(3)39(58-27(7)48)25(5)35(50)24(4)34(21)49/h11-14,19-21,23-25,29,34-35,39,49-53H,15-18H2,1-10H3,(H,45,55)/b12-11+,19-14+,22-13+,44-20+/t21-,23+,24+,25+,29-,34-,35+,39+,43-/m0/s1. The monoisotopic (exact) mass is 822 g/mol. The van der Waals surface area contributed by atoms with Crippen molar-refractivity contribution in [3.63, 3.8) is 0 Å². The number of likely N-dealkylation sites (N-methyl/N-ethyl adjacent to an activating group) is 1. The molecule has 0 unspecified atom stereocenters. The summed E-state index contributed by atoms with van der Waals surface area (Å²) in [6, 6.07) is 0. The van der Waals surface area contributed by atoms with Crippen LogP contribution in [0.25, 0.3) is 10.8 Å². The van der Waals surface area contributed by atoms with Gasteiger partial charge in [0.15, 0.2) is 5.75 Å². The average molecular weight is 823 g/mol. The second-order valence-electron chi connectivity index (χ2n) is 16.1. The SMILES string of the molecule is CO[C@H]1/C=C/O[C@@]2(C)Oc3c(C)c(O)c4c(O)c(c(/C=N/N5CCN(C)CC5)c(O)c4c3C2=O)NC(=O)/C(C)=C/C=C/[C@H](C)[C@H](O)[C@@H](C)[C@@H](O)[C@@H](C)[C@H](OC(C)=O)[C@@H]1C. The highest BCUT2D eigenvalue weighted by Gasteiger charge is 2.50. The molecule has 9 atom stereocenters. The van der Waals surface area contributed by atoms with E-state index in [9.17, 15) is 39.9 Å². The van der Waals surface area contributed by atoms with Gasteiger partial charge in [-0.1, -0.05) is 45.9 Å². The number of aliphatic hydroxyl groups excluding tert-OH is 2. The smallest absolute Gasteiger partial charge is 0.312 e. The second kappa shape index (κ2) is 18.0. The lowest BCUT2D eigenvalue weighted by Crippen LogP contribution is -2.46. The number of carbonyl (C=O) groups excluding carboxylic acids is 3. The van der Waals surface area contributed by atoms with E-state index in [-0.39, 0.29) is 44.5 Å². The average Bonchev–Trinajstić information content (AvgIpc) is 3.46. The highest BCUT2D eigenvalue weighted by atomic mass is 16.7. The Morgan fingerprint density at radius 2 is 1.61 bits per heavy atom. The van der Waals surface area contributed by atoms with E-state index < -0.39 is 88.8 Å². The van der Waals surface area contributed by atoms with Gasteiger partial charge < -0.3 is 54.7 Å². The van der Waals surface area contributed by atoms with Gasteiger partial charge in [-0.2, -0.15) is 5.10 Å². The molecule has 0 saturated carbocycles. The van der Waals surface area contributed by atoms with E-state index in [4.69, 9.17) is 18.9 Å². The molecule has 322 valence electrons. The molecule has 0 aliphatic carbocycles. The molecule has 59 heavy (non-hydrogen) atoms. The number of allylic oxidation sites excluding steroid dienone is 2. The van der Waals surface area contributed by atoms with Crippen molar-refractivity contribution in [2.45, 2.75) is 85.6 Å². The van der Waals surface area contributed by atoms with Gasteiger partial charge in [-0.15, -0.1) is 0 Å². The van der Waals surface area contributed by atoms with Crippen molar-refractivity contribution in [1.29, 1.82) is 0 Å². The Morgan fingerprint density at radius 3 is 2.24 bits per heavy atom. The molecule has 2 aromatic rings. The van der Waals surface area contributed by atoms with Gasteiger partial charge in [0.2, 0.25) is 0 Å². The number of ether oxygens (including phenoxy) is 4. The highest BCUT2D eigenvalue weighted by Crippen LogP contribution is 2.55. The number of piperazine rings is 1. The zero-order valence-electron chi connectivity index (χ0n) is 35.3. The summed E-state index contributed by atoms with van der Waals surface area (Å²) in [5.41, 5.74) is -0.350. The van der Waals surface area contributed by atoms with Crippen LogP contribution in [0, 0.1) is 30.6 Å². The third kappa shape index (κ3) is 8.91. The maximum Gasteiger partial charge on any atom is 0.312 e. The first kappa shape index (κ1) is 44.9. The van der Waals surface area contributed by atoms with Gasteiger partial charge in [-0.3, -0.25) is 19.4 Å². The Balaban J connectivity index is 1.70. The van der Waals surface area contributed by atoms with Crippen LogP contribution in [-0.4, -0.2) is 130 Å². The Hall–Kier alpha value is -5.16. The summed E-state index contributed by atoms with van der Waals surface area (Å²) >= 11 is 0. The van der Waals surface area contributed by atoms with Crippen LogP contribution in [0.2, 0.25) is 0 Å². The lowest BCUT2D eigenvalue weighted by atomic mass is 9.78. The van der Waals surface area contributed by atoms with Crippen molar-refractivity contribution < 1.29 is 58.9 Å². The zero-order valence-corrected chi connectivity index (χ0v) is 35.3. The minimum Gasteiger partial charge on any atom is -0.507 e. The van der Waals surface area contributed by atoms with Crippen molar-refractivity contribution in [3.05, 3.63) is 52.8 Å². The fraction of sp³-hybridized carbons (Fsp3) is 0.535. The lowest BCUT2D eigenvalue weighted by molar-refractivity contribution is -0.160. The number of fused-ring (bicyclic) bond motifs is 14. The van der Waals surface area contributed by atoms with Crippen LogP contribution in [0.15, 0.2) is 41.2 Å². The predicted molar refractivity (Wildman–Crippen MR) is 220 cm³/mol. The van der Waals surface area contributed by atoms with Crippen LogP contribution in [0.1, 0.15) is 70.0 Å². The number of nitrogens with one attached hydrogen (secondary N) is 1. The number of rotatable bonds is 4. The Kier molecular flexibility index (Phi) is 13.7. The molecule has 4 aliphatic rings. The third-order valence-electron chi connectivity index (χ3n) is 11.9. The largest absolute Gasteiger partial charge is 0.507 e. The van der Waals surface area contributed by atoms with Gasteiger partial charge in [0.05, 0.1) is 53.0 Å². The molecule has 0 aromatic heterocycles. The van der Waals surface area contributed by atoms with Crippen molar-refractivity contribution in [2.24, 2.45) is 28.8 Å². The molecule has 1 saturated heterocycles. The van der Waals surface area contributed by atoms with E-state index in [0.717, 1.165) is 13.1 Å². The fourth-order valence-corrected chi connectivity index (χ4v) is 7.92. The van der Waals surface area contributed by atoms with Gasteiger partial charge in [0.25, 0.3) is 11.7 Å². The van der Waals surface area contributed by atoms with Crippen molar-refractivity contribution in [3.8, 4) is 23.0 Å². The van der Waals surface area contributed by atoms with Crippen LogP contribution in [0.4, 0.5) is 5.69 Å². The maximum atomic E-state index is 14.4. The van der Waals surface area contributed by atoms with Crippen molar-refractivity contribution in [1.82, 2.24) is 9.91 Å². The zero-order chi connectivity index (χ0) is 43.7. The van der Waals surface area contributed by atoms with Gasteiger partial charge in [-0.05, 0) is 27.0 Å². The first-order chi connectivity index (χ1) is 27.7. The maximum absolute atomic E-state index is 14.4. The number of phenolic OH excluding ortho intramolecular Hbond substituents is 3. The molecule has 4 aliphatic heterocycles. The van der Waals surface area contributed by atoms with Crippen LogP contribution >= 0.6 is 0 Å². The number of ketones is 1. The van der Waals surface area contributed by atoms with Gasteiger partial charge in [-0.25, -0.2) is 0 Å². The van der Waals surface area contributed by atoms with Crippen LogP contribution in [-0.2, 0) is 23.8 Å². The van der Waals surface area contributed by atoms with E-state index in [1.54, 1.807) is 44.9 Å². The number of carbonyl (C=O) groups is 3. The van der Waals surface area contributed by atoms with Crippen molar-refractivity contribution in [2.75, 3.05) is 45.7 Å². The summed E-state index contributed by atoms with van der Waals surface area (Å²) in [4.78, 5) is 42.6. The molecule has 16 nitrogen and oxygen atoms in total. The quantitative estimate of drug-likeness (QED) is 0.109. The second-order valence-corrected chi connectivity index (χ2v) is 16.1. The van der Waals surface area contributed by atoms with Gasteiger partial charge >= 0.3 is 11.8 Å². The molecule has 5 bridgehead atoms. The first-order valence-corrected chi connectivity index (χ1v) is 19.8. The molecule has 6 N–H and O–H groups in total. The summed E-state index contributed by atoms with van der Waals surface area (Å²) in [6.07, 6.45) is 4.86. The molecule has 6 rings (SSSR count). The number of Topliss-reactive ketones (excluding diaryl/α,β-unsaturated/α-hetero) is 1. The number of aromatic hydroxyl groups is 3. The number of hydrogen-bond acceptors (Lipinski definition) is 15. The number of methoxy groups -OCH3 is 1. The summed E-state index contributed by atoms with van der Waals surface area (Å²) < 4.78 is 23.6. The molecular formula is C43H58N4O12. The molecule has 0 radical (unpaired) electrons. The van der Waals surface area contributed by atoms with Gasteiger partial charge in [0.1, 0.15) is 23.4 Å². The molecule has 1 fully saturated rings. The molecule has 4 heterocycles. The summed E-state index contributed by atoms with van der Waals surface area (Å²) in [5, 5.41) is 66.8. The van der Waals surface area contributed by atoms with Gasteiger partial charge in [0, 0.05) is 87.3 Å². The number of hydrogen-bond donors (Lipinski definition) is 6. The molecule has 1 amide bonds. The number of aliphatic hydroxyl groups is 2. The molecule has 0 spiro atoms. The number of hydrazone groups is 1. The Labute approximate surface area is 344 Å². The third-order valence-corrected chi connectivity index (χ3v) is 11.9. The predicted octanol–water partition coefficient (Wildman–Crippen LogP) is 4.34. The van der Waals surface area contributed by atoms with E-state index in [2.05, 4.69) is 15.3 Å². The summed E-state index contributed by atoms with van der Waals surface area (Å²) in [6.45, 7) is 15.1. The first-order valence-electron chi connectivity index (χ1n) is 19.8. The number of amides is 1. The summed E-state index contributed by atoms with van der Waals surface area (Å²) in [7, 11) is 3.42. The van der Waals surface area contributed by atoms with E-state index in [0.29, 0.717) is 13.1 Å². The lowest BCUT2D eigenvalue weighted by Gasteiger charge is -2.38. The van der Waals surface area contributed by atoms with Crippen molar-refractivity contribution >= 4 is 40.3 Å². The fourth-order valence-electron chi connectivity index (χ4n) is 7.92. The minimum atomic E-state index is -2.04. The van der Waals surface area contributed by atoms with E-state index in [1.165, 1.54) is 59.4 Å². The molecule has 2 aromatic carbocycles. The number of nitrogens with zero attached hydrogens (tertiary/aromatic N) is 3. The summed E-state index contributed by atoms with van der Waals surface area (Å²) in [5.74, 6) is -8.34. The van der Waals surface area contributed by atoms with Crippen LogP contribution < -0.4 is 10.1 Å². The Bertz CT molecular complexity index is 2070. The molecule has 16 heteroatoms. The van der Waals surface area contributed by atoms with Crippen LogP contribution in [0.3, 0.4) is 0 Å². The van der Waals surface area contributed by atoms with E-state index >= 15 is 0 Å². The van der Waals surface area contributed by atoms with Crippen LogP contribution in [0.5, 0.6) is 23.0 Å². The normalized spacial score (nSPS) is 32.1. The number of esters is 1.